The average molecular weight is 291 g/mol. The molecule has 2 aromatic rings. The zero-order valence-corrected chi connectivity index (χ0v) is 12.3. The molecule has 0 spiro atoms. The quantitative estimate of drug-likeness (QED) is 0.738. The lowest BCUT2D eigenvalue weighted by molar-refractivity contribution is 0.740. The van der Waals surface area contributed by atoms with Crippen LogP contribution in [0.1, 0.15) is 26.2 Å². The second-order valence-electron chi connectivity index (χ2n) is 4.50. The van der Waals surface area contributed by atoms with Crippen molar-refractivity contribution < 1.29 is 0 Å². The molecule has 0 saturated heterocycles. The van der Waals surface area contributed by atoms with Gasteiger partial charge in [-0.05, 0) is 24.6 Å². The fourth-order valence-corrected chi connectivity index (χ4v) is 1.97. The molecule has 1 aromatic carbocycles. The maximum Gasteiger partial charge on any atom is 0.224 e. The Morgan fingerprint density at radius 3 is 2.80 bits per heavy atom. The minimum atomic E-state index is 0.637. The fraction of sp³-hybridized carbons (Fsp3) is 0.333. The lowest BCUT2D eigenvalue weighted by Crippen LogP contribution is -2.06. The van der Waals surface area contributed by atoms with Crippen LogP contribution >= 0.6 is 11.6 Å². The maximum atomic E-state index is 6.11. The van der Waals surface area contributed by atoms with E-state index in [1.165, 1.54) is 12.8 Å². The summed E-state index contributed by atoms with van der Waals surface area (Å²) >= 11 is 6.11. The number of hydrogen-bond acceptors (Lipinski definition) is 4. The van der Waals surface area contributed by atoms with Gasteiger partial charge in [0, 0.05) is 12.7 Å². The molecule has 0 bridgehead atoms. The van der Waals surface area contributed by atoms with Gasteiger partial charge >= 0.3 is 0 Å². The normalized spacial score (nSPS) is 10.3. The van der Waals surface area contributed by atoms with E-state index >= 15 is 0 Å². The fourth-order valence-electron chi connectivity index (χ4n) is 1.79. The van der Waals surface area contributed by atoms with E-state index in [1.807, 2.05) is 30.3 Å². The van der Waals surface area contributed by atoms with Gasteiger partial charge in [-0.3, -0.25) is 0 Å². The van der Waals surface area contributed by atoms with Crippen LogP contribution in [0.4, 0.5) is 17.5 Å². The van der Waals surface area contributed by atoms with Crippen molar-refractivity contribution in [2.75, 3.05) is 17.2 Å². The van der Waals surface area contributed by atoms with Crippen LogP contribution in [0.5, 0.6) is 0 Å². The lowest BCUT2D eigenvalue weighted by atomic mass is 10.2. The number of benzene rings is 1. The zero-order chi connectivity index (χ0) is 14.2. The third-order valence-electron chi connectivity index (χ3n) is 2.86. The van der Waals surface area contributed by atoms with Crippen molar-refractivity contribution in [3.8, 4) is 0 Å². The van der Waals surface area contributed by atoms with Crippen LogP contribution < -0.4 is 10.6 Å². The summed E-state index contributed by atoms with van der Waals surface area (Å²) in [7, 11) is 0. The summed E-state index contributed by atoms with van der Waals surface area (Å²) in [6.07, 6.45) is 5.28. The van der Waals surface area contributed by atoms with Gasteiger partial charge in [-0.1, -0.05) is 43.5 Å². The number of nitrogens with one attached hydrogen (secondary N) is 2. The summed E-state index contributed by atoms with van der Waals surface area (Å²) in [6.45, 7) is 3.08. The second-order valence-corrected chi connectivity index (χ2v) is 4.91. The standard InChI is InChI=1S/C15H19ClN4/c1-2-3-6-10-17-15-18-11-9-14(20-15)19-13-8-5-4-7-12(13)16/h4-5,7-9,11H,2-3,6,10H2,1H3,(H2,17,18,19,20). The van der Waals surface area contributed by atoms with Crippen LogP contribution in [0.15, 0.2) is 36.5 Å². The van der Waals surface area contributed by atoms with E-state index in [2.05, 4.69) is 27.5 Å². The van der Waals surface area contributed by atoms with Gasteiger partial charge in [-0.2, -0.15) is 4.98 Å². The third kappa shape index (κ3) is 4.38. The molecule has 0 saturated carbocycles. The molecule has 0 aliphatic heterocycles. The first-order valence-electron chi connectivity index (χ1n) is 6.88. The van der Waals surface area contributed by atoms with E-state index < -0.39 is 0 Å². The molecule has 0 aliphatic carbocycles. The second kappa shape index (κ2) is 7.70. The highest BCUT2D eigenvalue weighted by Gasteiger charge is 2.02. The molecule has 20 heavy (non-hydrogen) atoms. The zero-order valence-electron chi connectivity index (χ0n) is 11.6. The van der Waals surface area contributed by atoms with E-state index in [0.717, 1.165) is 24.5 Å². The SMILES string of the molecule is CCCCCNc1nccc(Nc2ccccc2Cl)n1. The van der Waals surface area contributed by atoms with Gasteiger partial charge in [0.2, 0.25) is 5.95 Å². The van der Waals surface area contributed by atoms with E-state index in [1.54, 1.807) is 6.20 Å². The Labute approximate surface area is 124 Å². The molecule has 0 fully saturated rings. The smallest absolute Gasteiger partial charge is 0.224 e. The van der Waals surface area contributed by atoms with Crippen LogP contribution in [0.2, 0.25) is 5.02 Å². The first kappa shape index (κ1) is 14.6. The number of aromatic nitrogens is 2. The molecule has 0 atom stereocenters. The maximum absolute atomic E-state index is 6.11. The number of halogens is 1. The minimum absolute atomic E-state index is 0.637. The summed E-state index contributed by atoms with van der Waals surface area (Å²) in [4.78, 5) is 8.62. The largest absolute Gasteiger partial charge is 0.354 e. The van der Waals surface area contributed by atoms with Crippen LogP contribution in [-0.4, -0.2) is 16.5 Å². The summed E-state index contributed by atoms with van der Waals surface area (Å²) in [5.74, 6) is 1.37. The van der Waals surface area contributed by atoms with Crippen LogP contribution in [0, 0.1) is 0 Å². The molecule has 0 radical (unpaired) electrons. The van der Waals surface area contributed by atoms with E-state index in [0.29, 0.717) is 11.0 Å². The first-order valence-corrected chi connectivity index (χ1v) is 7.26. The molecule has 2 N–H and O–H groups in total. The minimum Gasteiger partial charge on any atom is -0.354 e. The molecule has 1 aromatic heterocycles. The Morgan fingerprint density at radius 1 is 1.15 bits per heavy atom. The number of para-hydroxylation sites is 1. The number of rotatable bonds is 7. The van der Waals surface area contributed by atoms with E-state index in [9.17, 15) is 0 Å². The Balaban J connectivity index is 1.97. The van der Waals surface area contributed by atoms with Crippen molar-refractivity contribution >= 4 is 29.1 Å². The van der Waals surface area contributed by atoms with Gasteiger partial charge in [0.1, 0.15) is 5.82 Å². The molecule has 5 heteroatoms. The summed E-state index contributed by atoms with van der Waals surface area (Å²) in [5, 5.41) is 7.09. The molecular weight excluding hydrogens is 272 g/mol. The van der Waals surface area contributed by atoms with Gasteiger partial charge in [0.15, 0.2) is 0 Å². The van der Waals surface area contributed by atoms with Gasteiger partial charge in [-0.25, -0.2) is 4.98 Å². The van der Waals surface area contributed by atoms with Gasteiger partial charge in [0.25, 0.3) is 0 Å². The van der Waals surface area contributed by atoms with Crippen LogP contribution in [-0.2, 0) is 0 Å². The van der Waals surface area contributed by atoms with Crippen molar-refractivity contribution in [2.24, 2.45) is 0 Å². The number of nitrogens with zero attached hydrogens (tertiary/aromatic N) is 2. The molecule has 0 amide bonds. The highest BCUT2D eigenvalue weighted by atomic mass is 35.5. The van der Waals surface area contributed by atoms with Crippen molar-refractivity contribution in [2.45, 2.75) is 26.2 Å². The van der Waals surface area contributed by atoms with Gasteiger partial charge in [-0.15, -0.1) is 0 Å². The van der Waals surface area contributed by atoms with Crippen molar-refractivity contribution in [1.82, 2.24) is 9.97 Å². The molecule has 0 unspecified atom stereocenters. The van der Waals surface area contributed by atoms with Crippen molar-refractivity contribution in [3.63, 3.8) is 0 Å². The summed E-state index contributed by atoms with van der Waals surface area (Å²) in [6, 6.07) is 9.40. The van der Waals surface area contributed by atoms with Crippen molar-refractivity contribution in [1.29, 1.82) is 0 Å². The molecule has 106 valence electrons. The predicted molar refractivity (Wildman–Crippen MR) is 84.8 cm³/mol. The van der Waals surface area contributed by atoms with Crippen LogP contribution in [0.25, 0.3) is 0 Å². The van der Waals surface area contributed by atoms with Crippen molar-refractivity contribution in [3.05, 3.63) is 41.6 Å². The molecule has 2 rings (SSSR count). The highest BCUT2D eigenvalue weighted by Crippen LogP contribution is 2.23. The van der Waals surface area contributed by atoms with E-state index in [4.69, 9.17) is 11.6 Å². The highest BCUT2D eigenvalue weighted by molar-refractivity contribution is 6.33. The third-order valence-corrected chi connectivity index (χ3v) is 3.19. The molecule has 0 aliphatic rings. The number of unbranched alkanes of at least 4 members (excludes halogenated alkanes) is 2. The average Bonchev–Trinajstić information content (AvgIpc) is 2.47. The Bertz CT molecular complexity index is 545. The predicted octanol–water partition coefficient (Wildman–Crippen LogP) is 4.48. The molecule has 4 nitrogen and oxygen atoms in total. The monoisotopic (exact) mass is 290 g/mol. The van der Waals surface area contributed by atoms with Gasteiger partial charge in [0.05, 0.1) is 10.7 Å². The Morgan fingerprint density at radius 2 is 2.00 bits per heavy atom. The Kier molecular flexibility index (Phi) is 5.62. The summed E-state index contributed by atoms with van der Waals surface area (Å²) < 4.78 is 0. The molecule has 1 heterocycles. The first-order chi connectivity index (χ1) is 9.79. The number of hydrogen-bond donors (Lipinski definition) is 2. The van der Waals surface area contributed by atoms with Gasteiger partial charge < -0.3 is 10.6 Å². The number of anilines is 3. The Hall–Kier alpha value is -1.81. The van der Waals surface area contributed by atoms with E-state index in [-0.39, 0.29) is 0 Å². The van der Waals surface area contributed by atoms with Crippen LogP contribution in [0.3, 0.4) is 0 Å². The lowest BCUT2D eigenvalue weighted by Gasteiger charge is -2.09. The topological polar surface area (TPSA) is 49.8 Å². The molecular formula is C15H19ClN4. The summed E-state index contributed by atoms with van der Waals surface area (Å²) in [5.41, 5.74) is 0.838.